The molecule has 0 heterocycles. The van der Waals surface area contributed by atoms with Crippen molar-refractivity contribution in [2.75, 3.05) is 0 Å². The molecule has 0 spiro atoms. The summed E-state index contributed by atoms with van der Waals surface area (Å²) in [7, 11) is 0. The first-order chi connectivity index (χ1) is 12.7. The van der Waals surface area contributed by atoms with Gasteiger partial charge in [0.15, 0.2) is 0 Å². The summed E-state index contributed by atoms with van der Waals surface area (Å²) in [6.45, 7) is 0.406. The van der Waals surface area contributed by atoms with Crippen molar-refractivity contribution in [2.24, 2.45) is 0 Å². The lowest BCUT2D eigenvalue weighted by Gasteiger charge is -2.08. The number of benzene rings is 3. The lowest BCUT2D eigenvalue weighted by molar-refractivity contribution is 0.306. The fraction of sp³-hybridized carbons (Fsp3) is 0.0455. The van der Waals surface area contributed by atoms with E-state index < -0.39 is 0 Å². The van der Waals surface area contributed by atoms with Gasteiger partial charge in [0, 0.05) is 15.6 Å². The molecule has 0 saturated heterocycles. The molecular formula is C22H15Cl2NO. The Morgan fingerprint density at radius 1 is 0.923 bits per heavy atom. The van der Waals surface area contributed by atoms with E-state index in [9.17, 15) is 5.26 Å². The summed E-state index contributed by atoms with van der Waals surface area (Å²) in [4.78, 5) is 0. The number of hydrogen-bond donors (Lipinski definition) is 0. The third-order valence-electron chi connectivity index (χ3n) is 3.82. The second-order valence-corrected chi connectivity index (χ2v) is 6.47. The van der Waals surface area contributed by atoms with Crippen LogP contribution in [0, 0.1) is 11.3 Å². The zero-order valence-corrected chi connectivity index (χ0v) is 15.3. The van der Waals surface area contributed by atoms with Crippen molar-refractivity contribution in [1.29, 1.82) is 5.26 Å². The Morgan fingerprint density at radius 2 is 1.62 bits per heavy atom. The number of halogens is 2. The molecule has 0 radical (unpaired) electrons. The zero-order valence-electron chi connectivity index (χ0n) is 13.8. The number of nitrogens with zero attached hydrogens (tertiary/aromatic N) is 1. The van der Waals surface area contributed by atoms with Gasteiger partial charge in [0.25, 0.3) is 0 Å². The van der Waals surface area contributed by atoms with Crippen LogP contribution in [0.1, 0.15) is 16.7 Å². The standard InChI is InChI=1S/C22H15Cl2NO/c23-20-9-7-17(8-10-20)19(14-25)13-16-5-11-21(12-6-16)26-15-18-3-1-2-4-22(18)24/h1-13H,15H2/b19-13-. The van der Waals surface area contributed by atoms with E-state index in [4.69, 9.17) is 27.9 Å². The maximum Gasteiger partial charge on any atom is 0.119 e. The van der Waals surface area contributed by atoms with Gasteiger partial charge in [0.2, 0.25) is 0 Å². The molecule has 0 aliphatic carbocycles. The van der Waals surface area contributed by atoms with Crippen LogP contribution in [-0.2, 0) is 6.61 Å². The minimum absolute atomic E-state index is 0.406. The highest BCUT2D eigenvalue weighted by molar-refractivity contribution is 6.31. The highest BCUT2D eigenvalue weighted by Gasteiger charge is 2.03. The molecule has 0 fully saturated rings. The molecule has 3 aromatic carbocycles. The van der Waals surface area contributed by atoms with Gasteiger partial charge in [-0.05, 0) is 47.5 Å². The molecule has 0 bridgehead atoms. The van der Waals surface area contributed by atoms with E-state index in [0.29, 0.717) is 22.2 Å². The van der Waals surface area contributed by atoms with Gasteiger partial charge in [-0.1, -0.05) is 65.7 Å². The number of nitriles is 1. The summed E-state index contributed by atoms with van der Waals surface area (Å²) in [5.41, 5.74) is 3.26. The van der Waals surface area contributed by atoms with Gasteiger partial charge in [-0.3, -0.25) is 0 Å². The third-order valence-corrected chi connectivity index (χ3v) is 4.44. The molecule has 0 amide bonds. The van der Waals surface area contributed by atoms with Crippen LogP contribution >= 0.6 is 23.2 Å². The van der Waals surface area contributed by atoms with Crippen molar-refractivity contribution in [3.05, 3.63) is 99.5 Å². The highest BCUT2D eigenvalue weighted by atomic mass is 35.5. The van der Waals surface area contributed by atoms with Crippen LogP contribution in [0.2, 0.25) is 10.0 Å². The zero-order chi connectivity index (χ0) is 18.4. The number of hydrogen-bond acceptors (Lipinski definition) is 2. The Labute approximate surface area is 162 Å². The minimum Gasteiger partial charge on any atom is -0.489 e. The quantitative estimate of drug-likeness (QED) is 0.367. The molecule has 0 N–H and O–H groups in total. The molecular weight excluding hydrogens is 365 g/mol. The summed E-state index contributed by atoms with van der Waals surface area (Å²) in [5, 5.41) is 10.7. The Balaban J connectivity index is 1.71. The molecule has 2 nitrogen and oxygen atoms in total. The molecule has 128 valence electrons. The van der Waals surface area contributed by atoms with Crippen LogP contribution < -0.4 is 4.74 Å². The van der Waals surface area contributed by atoms with Gasteiger partial charge in [0.05, 0.1) is 11.6 Å². The van der Waals surface area contributed by atoms with Crippen molar-refractivity contribution in [3.8, 4) is 11.8 Å². The summed E-state index contributed by atoms with van der Waals surface area (Å²) in [6.07, 6.45) is 1.83. The summed E-state index contributed by atoms with van der Waals surface area (Å²) in [5.74, 6) is 0.743. The van der Waals surface area contributed by atoms with Crippen LogP contribution in [0.3, 0.4) is 0 Å². The summed E-state index contributed by atoms with van der Waals surface area (Å²) < 4.78 is 5.77. The second kappa shape index (κ2) is 8.58. The van der Waals surface area contributed by atoms with E-state index in [1.165, 1.54) is 0 Å². The molecule has 3 rings (SSSR count). The predicted molar refractivity (Wildman–Crippen MR) is 107 cm³/mol. The van der Waals surface area contributed by atoms with Crippen molar-refractivity contribution >= 4 is 34.9 Å². The lowest BCUT2D eigenvalue weighted by atomic mass is 10.0. The van der Waals surface area contributed by atoms with Gasteiger partial charge in [-0.2, -0.15) is 5.26 Å². The van der Waals surface area contributed by atoms with Crippen LogP contribution in [-0.4, -0.2) is 0 Å². The first-order valence-corrected chi connectivity index (χ1v) is 8.75. The molecule has 0 atom stereocenters. The van der Waals surface area contributed by atoms with E-state index in [1.54, 1.807) is 12.1 Å². The van der Waals surface area contributed by atoms with E-state index in [0.717, 1.165) is 22.4 Å². The van der Waals surface area contributed by atoms with Gasteiger partial charge in [-0.15, -0.1) is 0 Å². The highest BCUT2D eigenvalue weighted by Crippen LogP contribution is 2.22. The van der Waals surface area contributed by atoms with Crippen molar-refractivity contribution < 1.29 is 4.74 Å². The number of ether oxygens (including phenoxy) is 1. The van der Waals surface area contributed by atoms with Crippen LogP contribution in [0.4, 0.5) is 0 Å². The fourth-order valence-corrected chi connectivity index (χ4v) is 2.73. The Hall–Kier alpha value is -2.73. The molecule has 4 heteroatoms. The monoisotopic (exact) mass is 379 g/mol. The second-order valence-electron chi connectivity index (χ2n) is 5.63. The molecule has 0 aromatic heterocycles. The smallest absolute Gasteiger partial charge is 0.119 e. The lowest BCUT2D eigenvalue weighted by Crippen LogP contribution is -1.95. The number of rotatable bonds is 5. The average Bonchev–Trinajstić information content (AvgIpc) is 2.67. The molecule has 0 aliphatic rings. The molecule has 3 aromatic rings. The molecule has 0 unspecified atom stereocenters. The van der Waals surface area contributed by atoms with E-state index >= 15 is 0 Å². The Kier molecular flexibility index (Phi) is 5.96. The van der Waals surface area contributed by atoms with E-state index in [2.05, 4.69) is 6.07 Å². The first-order valence-electron chi connectivity index (χ1n) is 8.00. The van der Waals surface area contributed by atoms with Crippen molar-refractivity contribution in [1.82, 2.24) is 0 Å². The largest absolute Gasteiger partial charge is 0.489 e. The van der Waals surface area contributed by atoms with Gasteiger partial charge in [-0.25, -0.2) is 0 Å². The van der Waals surface area contributed by atoms with Crippen LogP contribution in [0.5, 0.6) is 5.75 Å². The minimum atomic E-state index is 0.406. The average molecular weight is 380 g/mol. The fourth-order valence-electron chi connectivity index (χ4n) is 2.41. The van der Waals surface area contributed by atoms with E-state index in [1.807, 2.05) is 66.7 Å². The van der Waals surface area contributed by atoms with Crippen molar-refractivity contribution in [3.63, 3.8) is 0 Å². The van der Waals surface area contributed by atoms with Gasteiger partial charge < -0.3 is 4.74 Å². The van der Waals surface area contributed by atoms with Crippen LogP contribution in [0.15, 0.2) is 72.8 Å². The predicted octanol–water partition coefficient (Wildman–Crippen LogP) is 6.64. The molecule has 0 aliphatic heterocycles. The van der Waals surface area contributed by atoms with Gasteiger partial charge >= 0.3 is 0 Å². The SMILES string of the molecule is N#C/C(=C/c1ccc(OCc2ccccc2Cl)cc1)c1ccc(Cl)cc1. The summed E-state index contributed by atoms with van der Waals surface area (Å²) in [6, 6.07) is 24.6. The number of allylic oxidation sites excluding steroid dienone is 1. The Morgan fingerprint density at radius 3 is 2.27 bits per heavy atom. The topological polar surface area (TPSA) is 33.0 Å². The summed E-state index contributed by atoms with van der Waals surface area (Å²) >= 11 is 12.0. The first kappa shape index (κ1) is 18.1. The third kappa shape index (κ3) is 4.67. The maximum absolute atomic E-state index is 9.41. The molecule has 0 saturated carbocycles. The Bertz CT molecular complexity index is 955. The molecule has 26 heavy (non-hydrogen) atoms. The van der Waals surface area contributed by atoms with Gasteiger partial charge in [0.1, 0.15) is 12.4 Å². The maximum atomic E-state index is 9.41. The van der Waals surface area contributed by atoms with Crippen LogP contribution in [0.25, 0.3) is 11.6 Å². The normalized spacial score (nSPS) is 11.0. The van der Waals surface area contributed by atoms with Crippen molar-refractivity contribution in [2.45, 2.75) is 6.61 Å². The van der Waals surface area contributed by atoms with E-state index in [-0.39, 0.29) is 0 Å².